The first-order chi connectivity index (χ1) is 11.4. The van der Waals surface area contributed by atoms with Gasteiger partial charge in [-0.25, -0.2) is 0 Å². The van der Waals surface area contributed by atoms with E-state index in [2.05, 4.69) is 25.9 Å². The number of aryl methyl sites for hydroxylation is 1. The zero-order valence-corrected chi connectivity index (χ0v) is 14.2. The molecule has 0 aliphatic carbocycles. The second-order valence-electron chi connectivity index (χ2n) is 5.45. The number of aromatic nitrogens is 4. The first kappa shape index (κ1) is 17.4. The van der Waals surface area contributed by atoms with Crippen LogP contribution in [0.5, 0.6) is 5.88 Å². The highest BCUT2D eigenvalue weighted by Gasteiger charge is 2.20. The van der Waals surface area contributed by atoms with Crippen LogP contribution in [0.15, 0.2) is 12.3 Å². The molecule has 9 heteroatoms. The van der Waals surface area contributed by atoms with E-state index in [1.165, 1.54) is 18.8 Å². The van der Waals surface area contributed by atoms with Crippen molar-refractivity contribution in [3.63, 3.8) is 0 Å². The number of amides is 2. The largest absolute Gasteiger partial charge is 0.479 e. The quantitative estimate of drug-likeness (QED) is 0.843. The highest BCUT2D eigenvalue weighted by atomic mass is 16.5. The molecule has 0 aliphatic rings. The Balaban J connectivity index is 2.31. The number of anilines is 1. The van der Waals surface area contributed by atoms with Gasteiger partial charge in [0.1, 0.15) is 5.56 Å². The average Bonchev–Trinajstić information content (AvgIpc) is 2.95. The van der Waals surface area contributed by atoms with E-state index < -0.39 is 5.91 Å². The number of carbonyl (C=O) groups excluding carboxylic acids is 2. The van der Waals surface area contributed by atoms with E-state index in [0.29, 0.717) is 5.56 Å². The van der Waals surface area contributed by atoms with Crippen LogP contribution >= 0.6 is 0 Å². The summed E-state index contributed by atoms with van der Waals surface area (Å²) in [5.41, 5.74) is 1.21. The van der Waals surface area contributed by atoms with E-state index in [9.17, 15) is 9.59 Å². The molecule has 0 spiro atoms. The molecular formula is C15H20N6O3. The summed E-state index contributed by atoms with van der Waals surface area (Å²) in [5, 5.41) is 17.0. The first-order valence-electron chi connectivity index (χ1n) is 7.36. The van der Waals surface area contributed by atoms with Crippen molar-refractivity contribution in [2.45, 2.75) is 19.8 Å². The van der Waals surface area contributed by atoms with Crippen molar-refractivity contribution in [1.82, 2.24) is 25.3 Å². The van der Waals surface area contributed by atoms with Gasteiger partial charge in [0.2, 0.25) is 5.88 Å². The first-order valence-corrected chi connectivity index (χ1v) is 7.36. The lowest BCUT2D eigenvalue weighted by atomic mass is 10.0. The molecule has 0 bridgehead atoms. The summed E-state index contributed by atoms with van der Waals surface area (Å²) in [7, 11) is 4.65. The van der Waals surface area contributed by atoms with Gasteiger partial charge in [-0.05, 0) is 17.5 Å². The molecule has 0 unspecified atom stereocenters. The lowest BCUT2D eigenvalue weighted by molar-refractivity contribution is 0.0955. The predicted molar refractivity (Wildman–Crippen MR) is 87.2 cm³/mol. The Labute approximate surface area is 139 Å². The molecule has 24 heavy (non-hydrogen) atoms. The molecule has 0 atom stereocenters. The molecular weight excluding hydrogens is 312 g/mol. The van der Waals surface area contributed by atoms with Crippen LogP contribution in [-0.2, 0) is 7.05 Å². The molecule has 2 amide bonds. The fourth-order valence-corrected chi connectivity index (χ4v) is 2.16. The summed E-state index contributed by atoms with van der Waals surface area (Å²) < 4.78 is 6.55. The van der Waals surface area contributed by atoms with Gasteiger partial charge in [0.25, 0.3) is 11.8 Å². The van der Waals surface area contributed by atoms with Gasteiger partial charge in [0, 0.05) is 20.3 Å². The van der Waals surface area contributed by atoms with Gasteiger partial charge in [-0.3, -0.25) is 14.3 Å². The SMILES string of the molecule is CNC(=O)c1nnc(NC(=O)c2cn(C)nc2OC)cc1C(C)C. The fraction of sp³-hybridized carbons (Fsp3) is 0.400. The summed E-state index contributed by atoms with van der Waals surface area (Å²) in [6, 6.07) is 1.64. The maximum atomic E-state index is 12.4. The molecule has 2 aromatic rings. The number of ether oxygens (including phenoxy) is 1. The maximum Gasteiger partial charge on any atom is 0.271 e. The molecule has 2 aromatic heterocycles. The number of nitrogens with one attached hydrogen (secondary N) is 2. The van der Waals surface area contributed by atoms with Crippen LogP contribution in [0.1, 0.15) is 46.2 Å². The smallest absolute Gasteiger partial charge is 0.271 e. The van der Waals surface area contributed by atoms with Crippen molar-refractivity contribution in [3.8, 4) is 5.88 Å². The Hall–Kier alpha value is -2.97. The number of hydrogen-bond donors (Lipinski definition) is 2. The summed E-state index contributed by atoms with van der Waals surface area (Å²) in [5.74, 6) is -0.234. The maximum absolute atomic E-state index is 12.4. The van der Waals surface area contributed by atoms with Gasteiger partial charge in [0.05, 0.1) is 7.11 Å². The van der Waals surface area contributed by atoms with E-state index in [4.69, 9.17) is 4.74 Å². The van der Waals surface area contributed by atoms with Gasteiger partial charge in [-0.1, -0.05) is 13.8 Å². The van der Waals surface area contributed by atoms with Crippen LogP contribution in [0.25, 0.3) is 0 Å². The van der Waals surface area contributed by atoms with Crippen molar-refractivity contribution >= 4 is 17.6 Å². The zero-order chi connectivity index (χ0) is 17.9. The molecule has 2 N–H and O–H groups in total. The van der Waals surface area contributed by atoms with Crippen LogP contribution in [0.2, 0.25) is 0 Å². The van der Waals surface area contributed by atoms with Crippen molar-refractivity contribution in [1.29, 1.82) is 0 Å². The van der Waals surface area contributed by atoms with Crippen molar-refractivity contribution in [2.24, 2.45) is 7.05 Å². The Morgan fingerprint density at radius 1 is 1.25 bits per heavy atom. The molecule has 0 aliphatic heterocycles. The Kier molecular flexibility index (Phi) is 5.12. The number of nitrogens with zero attached hydrogens (tertiary/aromatic N) is 4. The third-order valence-electron chi connectivity index (χ3n) is 3.36. The standard InChI is InChI=1S/C15H20N6O3/c1-8(2)9-6-11(18-19-12(9)14(23)16-3)17-13(22)10-7-21(4)20-15(10)24-5/h6-8H,1-5H3,(H,16,23)(H,17,18,22). The lowest BCUT2D eigenvalue weighted by Gasteiger charge is -2.12. The third-order valence-corrected chi connectivity index (χ3v) is 3.36. The predicted octanol–water partition coefficient (Wildman–Crippen LogP) is 0.954. The van der Waals surface area contributed by atoms with Gasteiger partial charge in [-0.15, -0.1) is 15.3 Å². The molecule has 128 valence electrons. The molecule has 9 nitrogen and oxygen atoms in total. The summed E-state index contributed by atoms with van der Waals surface area (Å²) in [6.45, 7) is 3.86. The van der Waals surface area contributed by atoms with Gasteiger partial charge in [0.15, 0.2) is 11.5 Å². The molecule has 2 rings (SSSR count). The molecule has 0 saturated heterocycles. The van der Waals surface area contributed by atoms with Gasteiger partial charge >= 0.3 is 0 Å². The second kappa shape index (κ2) is 7.07. The monoisotopic (exact) mass is 332 g/mol. The Morgan fingerprint density at radius 2 is 1.96 bits per heavy atom. The minimum atomic E-state index is -0.420. The van der Waals surface area contributed by atoms with Crippen molar-refractivity contribution in [3.05, 3.63) is 29.1 Å². The number of carbonyl (C=O) groups is 2. The lowest BCUT2D eigenvalue weighted by Crippen LogP contribution is -2.23. The molecule has 0 saturated carbocycles. The minimum absolute atomic E-state index is 0.0383. The third kappa shape index (κ3) is 3.50. The van der Waals surface area contributed by atoms with Crippen molar-refractivity contribution < 1.29 is 14.3 Å². The van der Waals surface area contributed by atoms with Crippen LogP contribution in [0.4, 0.5) is 5.82 Å². The summed E-state index contributed by atoms with van der Waals surface area (Å²) >= 11 is 0. The molecule has 0 fully saturated rings. The van der Waals surface area contributed by atoms with E-state index in [0.717, 1.165) is 0 Å². The van der Waals surface area contributed by atoms with Crippen LogP contribution in [-0.4, -0.2) is 45.9 Å². The van der Waals surface area contributed by atoms with Gasteiger partial charge in [-0.2, -0.15) is 0 Å². The summed E-state index contributed by atoms with van der Waals surface area (Å²) in [6.07, 6.45) is 1.55. The number of rotatable bonds is 5. The Morgan fingerprint density at radius 3 is 2.54 bits per heavy atom. The number of methoxy groups -OCH3 is 1. The van der Waals surface area contributed by atoms with Crippen LogP contribution < -0.4 is 15.4 Å². The number of hydrogen-bond acceptors (Lipinski definition) is 6. The highest BCUT2D eigenvalue weighted by Crippen LogP contribution is 2.21. The second-order valence-corrected chi connectivity index (χ2v) is 5.45. The molecule has 0 radical (unpaired) electrons. The average molecular weight is 332 g/mol. The van der Waals surface area contributed by atoms with Crippen LogP contribution in [0, 0.1) is 0 Å². The Bertz CT molecular complexity index is 769. The van der Waals surface area contributed by atoms with Crippen molar-refractivity contribution in [2.75, 3.05) is 19.5 Å². The fourth-order valence-electron chi connectivity index (χ4n) is 2.16. The molecule has 2 heterocycles. The van der Waals surface area contributed by atoms with Gasteiger partial charge < -0.3 is 15.4 Å². The zero-order valence-electron chi connectivity index (χ0n) is 14.2. The minimum Gasteiger partial charge on any atom is -0.479 e. The topological polar surface area (TPSA) is 111 Å². The molecule has 0 aromatic carbocycles. The van der Waals surface area contributed by atoms with Crippen LogP contribution in [0.3, 0.4) is 0 Å². The van der Waals surface area contributed by atoms with E-state index in [1.807, 2.05) is 13.8 Å². The van der Waals surface area contributed by atoms with E-state index in [1.54, 1.807) is 19.3 Å². The highest BCUT2D eigenvalue weighted by molar-refractivity contribution is 6.05. The van der Waals surface area contributed by atoms with E-state index in [-0.39, 0.29) is 34.8 Å². The summed E-state index contributed by atoms with van der Waals surface area (Å²) in [4.78, 5) is 24.2. The normalized spacial score (nSPS) is 10.6. The van der Waals surface area contributed by atoms with E-state index >= 15 is 0 Å².